The minimum absolute atomic E-state index is 0.206. The molecule has 0 bridgehead atoms. The van der Waals surface area contributed by atoms with E-state index in [0.29, 0.717) is 11.3 Å². The van der Waals surface area contributed by atoms with E-state index in [1.165, 1.54) is 30.3 Å². The van der Waals surface area contributed by atoms with Crippen LogP contribution in [0.25, 0.3) is 6.08 Å². The number of carbonyl (C=O) groups is 3. The third-order valence-corrected chi connectivity index (χ3v) is 4.84. The third kappa shape index (κ3) is 7.75. The minimum Gasteiger partial charge on any atom is -0.497 e. The number of ether oxygens (including phenoxy) is 3. The van der Waals surface area contributed by atoms with Crippen LogP contribution in [0, 0.1) is 0 Å². The van der Waals surface area contributed by atoms with E-state index in [1.807, 2.05) is 36.4 Å². The van der Waals surface area contributed by atoms with Crippen molar-refractivity contribution in [2.24, 2.45) is 0 Å². The number of hydrogen-bond acceptors (Lipinski definition) is 6. The number of anilines is 1. The number of methoxy groups -OCH3 is 1. The summed E-state index contributed by atoms with van der Waals surface area (Å²) in [6.45, 7) is 2.12. The first-order chi connectivity index (χ1) is 17.0. The molecule has 0 saturated carbocycles. The summed E-state index contributed by atoms with van der Waals surface area (Å²) in [5, 5.41) is 5.67. The van der Waals surface area contributed by atoms with Crippen molar-refractivity contribution in [1.82, 2.24) is 5.32 Å². The fraction of sp³-hybridized carbons (Fsp3) is 0.148. The van der Waals surface area contributed by atoms with Crippen LogP contribution < -0.4 is 20.1 Å². The van der Waals surface area contributed by atoms with E-state index >= 15 is 0 Å². The van der Waals surface area contributed by atoms with Crippen LogP contribution in [-0.4, -0.2) is 31.7 Å². The molecule has 0 aliphatic rings. The zero-order chi connectivity index (χ0) is 25.0. The van der Waals surface area contributed by atoms with Crippen molar-refractivity contribution in [2.45, 2.75) is 13.5 Å². The monoisotopic (exact) mass is 474 g/mol. The van der Waals surface area contributed by atoms with Crippen molar-refractivity contribution >= 4 is 29.7 Å². The molecule has 0 aliphatic carbocycles. The Hall–Kier alpha value is -4.59. The molecule has 0 heterocycles. The lowest BCUT2D eigenvalue weighted by atomic mass is 10.1. The molecule has 0 unspecified atom stereocenters. The summed E-state index contributed by atoms with van der Waals surface area (Å²) < 4.78 is 14.8. The first-order valence-corrected chi connectivity index (χ1v) is 10.9. The van der Waals surface area contributed by atoms with Crippen LogP contribution in [-0.2, 0) is 16.1 Å². The van der Waals surface area contributed by atoms with Crippen molar-refractivity contribution < 1.29 is 28.6 Å². The summed E-state index contributed by atoms with van der Waals surface area (Å²) in [7, 11) is 1.59. The molecule has 2 N–H and O–H groups in total. The zero-order valence-electron chi connectivity index (χ0n) is 19.4. The Balaban J connectivity index is 1.57. The lowest BCUT2D eigenvalue weighted by molar-refractivity contribution is -0.116. The molecule has 0 saturated heterocycles. The molecule has 3 aromatic rings. The maximum absolute atomic E-state index is 12.7. The lowest BCUT2D eigenvalue weighted by Crippen LogP contribution is -2.22. The highest BCUT2D eigenvalue weighted by molar-refractivity contribution is 6.04. The lowest BCUT2D eigenvalue weighted by Gasteiger charge is -2.12. The van der Waals surface area contributed by atoms with Crippen LogP contribution in [0.2, 0.25) is 0 Å². The molecule has 0 radical (unpaired) electrons. The number of hydrogen-bond donors (Lipinski definition) is 2. The number of nitrogens with one attached hydrogen (secondary N) is 2. The summed E-state index contributed by atoms with van der Waals surface area (Å²) in [6.07, 6.45) is 2.35. The second kappa shape index (κ2) is 12.6. The Labute approximate surface area is 203 Å². The SMILES string of the molecule is CCOC(=O)Oc1ccc(C(=O)Nc2ccccc2CNC(=O)/C=C/c2ccc(OC)cc2)cc1. The zero-order valence-corrected chi connectivity index (χ0v) is 19.4. The Bertz CT molecular complexity index is 1190. The molecule has 180 valence electrons. The normalized spacial score (nSPS) is 10.5. The van der Waals surface area contributed by atoms with E-state index in [4.69, 9.17) is 14.2 Å². The van der Waals surface area contributed by atoms with Crippen LogP contribution >= 0.6 is 0 Å². The molecule has 8 heteroatoms. The Morgan fingerprint density at radius 1 is 0.886 bits per heavy atom. The molecular formula is C27H26N2O6. The van der Waals surface area contributed by atoms with E-state index in [9.17, 15) is 14.4 Å². The number of para-hydroxylation sites is 1. The molecule has 0 atom stereocenters. The molecule has 0 aliphatic heterocycles. The maximum atomic E-state index is 12.7. The molecule has 2 amide bonds. The number of carbonyl (C=O) groups excluding carboxylic acids is 3. The topological polar surface area (TPSA) is 103 Å². The second-order valence-corrected chi connectivity index (χ2v) is 7.25. The van der Waals surface area contributed by atoms with Crippen molar-refractivity contribution in [3.05, 3.63) is 95.6 Å². The van der Waals surface area contributed by atoms with Gasteiger partial charge in [0.15, 0.2) is 0 Å². The quantitative estimate of drug-likeness (QED) is 0.262. The van der Waals surface area contributed by atoms with Gasteiger partial charge in [0, 0.05) is 23.9 Å². The fourth-order valence-electron chi connectivity index (χ4n) is 3.04. The maximum Gasteiger partial charge on any atom is 0.513 e. The standard InChI is InChI=1S/C27H26N2O6/c1-3-34-27(32)35-23-15-11-20(12-16-23)26(31)29-24-7-5-4-6-21(24)18-28-25(30)17-10-19-8-13-22(33-2)14-9-19/h4-17H,3,18H2,1-2H3,(H,28,30)(H,29,31)/b17-10+. The summed E-state index contributed by atoms with van der Waals surface area (Å²) in [4.78, 5) is 36.4. The van der Waals surface area contributed by atoms with Gasteiger partial charge >= 0.3 is 6.16 Å². The number of benzene rings is 3. The predicted molar refractivity (Wildman–Crippen MR) is 132 cm³/mol. The van der Waals surface area contributed by atoms with Gasteiger partial charge in [-0.1, -0.05) is 30.3 Å². The van der Waals surface area contributed by atoms with Crippen LogP contribution in [0.1, 0.15) is 28.4 Å². The predicted octanol–water partition coefficient (Wildman–Crippen LogP) is 4.81. The van der Waals surface area contributed by atoms with E-state index in [0.717, 1.165) is 16.9 Å². The average molecular weight is 475 g/mol. The van der Waals surface area contributed by atoms with Crippen LogP contribution in [0.15, 0.2) is 78.9 Å². The van der Waals surface area contributed by atoms with Crippen LogP contribution in [0.3, 0.4) is 0 Å². The van der Waals surface area contributed by atoms with E-state index in [-0.39, 0.29) is 30.7 Å². The molecule has 35 heavy (non-hydrogen) atoms. The van der Waals surface area contributed by atoms with Crippen LogP contribution in [0.4, 0.5) is 10.5 Å². The molecule has 0 aromatic heterocycles. The number of amides is 2. The molecule has 0 spiro atoms. The third-order valence-electron chi connectivity index (χ3n) is 4.84. The first-order valence-electron chi connectivity index (χ1n) is 10.9. The van der Waals surface area contributed by atoms with Crippen LogP contribution in [0.5, 0.6) is 11.5 Å². The van der Waals surface area contributed by atoms with Gasteiger partial charge in [0.25, 0.3) is 5.91 Å². The van der Waals surface area contributed by atoms with Gasteiger partial charge in [-0.15, -0.1) is 0 Å². The first kappa shape index (κ1) is 25.0. The van der Waals surface area contributed by atoms with E-state index in [2.05, 4.69) is 10.6 Å². The number of rotatable bonds is 9. The van der Waals surface area contributed by atoms with E-state index < -0.39 is 6.16 Å². The van der Waals surface area contributed by atoms with Gasteiger partial charge < -0.3 is 24.8 Å². The summed E-state index contributed by atoms with van der Waals surface area (Å²) in [5.41, 5.74) is 2.56. The minimum atomic E-state index is -0.806. The van der Waals surface area contributed by atoms with E-state index in [1.54, 1.807) is 32.2 Å². The molecule has 3 aromatic carbocycles. The largest absolute Gasteiger partial charge is 0.513 e. The van der Waals surface area contributed by atoms with Crippen molar-refractivity contribution in [1.29, 1.82) is 0 Å². The highest BCUT2D eigenvalue weighted by Crippen LogP contribution is 2.18. The Kier molecular flexibility index (Phi) is 9.01. The van der Waals surface area contributed by atoms with Gasteiger partial charge in [0.1, 0.15) is 11.5 Å². The highest BCUT2D eigenvalue weighted by Gasteiger charge is 2.11. The second-order valence-electron chi connectivity index (χ2n) is 7.25. The molecule has 8 nitrogen and oxygen atoms in total. The van der Waals surface area contributed by atoms with Crippen molar-refractivity contribution in [3.8, 4) is 11.5 Å². The fourth-order valence-corrected chi connectivity index (χ4v) is 3.04. The van der Waals surface area contributed by atoms with Crippen molar-refractivity contribution in [2.75, 3.05) is 19.0 Å². The van der Waals surface area contributed by atoms with Crippen molar-refractivity contribution in [3.63, 3.8) is 0 Å². The van der Waals surface area contributed by atoms with Gasteiger partial charge in [0.05, 0.1) is 13.7 Å². The average Bonchev–Trinajstić information content (AvgIpc) is 2.87. The summed E-state index contributed by atoms with van der Waals surface area (Å²) >= 11 is 0. The van der Waals surface area contributed by atoms with Gasteiger partial charge in [-0.3, -0.25) is 9.59 Å². The smallest absolute Gasteiger partial charge is 0.497 e. The molecule has 3 rings (SSSR count). The van der Waals surface area contributed by atoms with Gasteiger partial charge in [-0.05, 0) is 66.6 Å². The highest BCUT2D eigenvalue weighted by atomic mass is 16.7. The summed E-state index contributed by atoms with van der Waals surface area (Å²) in [6, 6.07) is 20.6. The molecule has 0 fully saturated rings. The molecular weight excluding hydrogens is 448 g/mol. The Morgan fingerprint density at radius 2 is 1.57 bits per heavy atom. The van der Waals surface area contributed by atoms with Gasteiger partial charge in [-0.2, -0.15) is 0 Å². The summed E-state index contributed by atoms with van der Waals surface area (Å²) in [5.74, 6) is 0.405. The Morgan fingerprint density at radius 3 is 2.26 bits per heavy atom. The van der Waals surface area contributed by atoms with Gasteiger partial charge in [0.2, 0.25) is 5.91 Å². The van der Waals surface area contributed by atoms with Gasteiger partial charge in [-0.25, -0.2) is 4.79 Å².